The molecule has 1 aliphatic heterocycles. The van der Waals surface area contributed by atoms with Crippen molar-refractivity contribution in [1.82, 2.24) is 0 Å². The van der Waals surface area contributed by atoms with Crippen LogP contribution in [-0.4, -0.2) is 29.9 Å². The number of anilines is 1. The number of halogens is 1. The van der Waals surface area contributed by atoms with Gasteiger partial charge in [0.15, 0.2) is 0 Å². The molecule has 1 aliphatic carbocycles. The molecule has 2 atom stereocenters. The van der Waals surface area contributed by atoms with E-state index in [1.165, 1.54) is 0 Å². The smallest absolute Gasteiger partial charge is 0.306 e. The van der Waals surface area contributed by atoms with Crippen molar-refractivity contribution in [2.45, 2.75) is 12.8 Å². The Labute approximate surface area is 125 Å². The average molecular weight is 338 g/mol. The van der Waals surface area contributed by atoms with E-state index in [9.17, 15) is 9.59 Å². The van der Waals surface area contributed by atoms with Gasteiger partial charge in [-0.1, -0.05) is 15.9 Å². The summed E-state index contributed by atoms with van der Waals surface area (Å²) in [6.07, 6.45) is 0.968. The molecule has 5 heteroatoms. The third kappa shape index (κ3) is 2.46. The van der Waals surface area contributed by atoms with Crippen LogP contribution in [0.15, 0.2) is 28.7 Å². The van der Waals surface area contributed by atoms with Crippen LogP contribution in [0.3, 0.4) is 0 Å². The topological polar surface area (TPSA) is 57.6 Å². The van der Waals surface area contributed by atoms with Gasteiger partial charge in [0, 0.05) is 35.1 Å². The van der Waals surface area contributed by atoms with Gasteiger partial charge in [-0.3, -0.25) is 9.59 Å². The normalized spacial score (nSPS) is 29.4. The number of benzene rings is 1. The lowest BCUT2D eigenvalue weighted by Gasteiger charge is -2.43. The van der Waals surface area contributed by atoms with E-state index in [-0.39, 0.29) is 23.5 Å². The monoisotopic (exact) mass is 337 g/mol. The van der Waals surface area contributed by atoms with Crippen molar-refractivity contribution < 1.29 is 14.7 Å². The fraction of sp³-hybridized carbons (Fsp3) is 0.467. The largest absolute Gasteiger partial charge is 0.481 e. The third-order valence-corrected chi connectivity index (χ3v) is 4.89. The molecule has 0 amide bonds. The van der Waals surface area contributed by atoms with E-state index < -0.39 is 5.97 Å². The number of aliphatic carboxylic acids is 1. The SMILES string of the molecule is O=C(O)C1CC2CN(c3ccc(Br)cc3)CC(C1)C2=O. The van der Waals surface area contributed by atoms with Crippen molar-refractivity contribution in [2.75, 3.05) is 18.0 Å². The van der Waals surface area contributed by atoms with Crippen LogP contribution in [0.25, 0.3) is 0 Å². The summed E-state index contributed by atoms with van der Waals surface area (Å²) in [5.41, 5.74) is 1.10. The summed E-state index contributed by atoms with van der Waals surface area (Å²) >= 11 is 3.41. The number of rotatable bonds is 2. The summed E-state index contributed by atoms with van der Waals surface area (Å²) in [6, 6.07) is 8.04. The van der Waals surface area contributed by atoms with Gasteiger partial charge in [-0.2, -0.15) is 0 Å². The number of fused-ring (bicyclic) bond motifs is 2. The summed E-state index contributed by atoms with van der Waals surface area (Å²) in [5.74, 6) is -1.12. The molecule has 0 spiro atoms. The van der Waals surface area contributed by atoms with Crippen LogP contribution in [-0.2, 0) is 9.59 Å². The zero-order chi connectivity index (χ0) is 14.3. The highest BCUT2D eigenvalue weighted by Gasteiger charge is 2.43. The van der Waals surface area contributed by atoms with Crippen molar-refractivity contribution >= 4 is 33.4 Å². The minimum absolute atomic E-state index is 0.132. The minimum atomic E-state index is -0.760. The Bertz CT molecular complexity index is 525. The molecule has 20 heavy (non-hydrogen) atoms. The van der Waals surface area contributed by atoms with E-state index in [0.29, 0.717) is 25.9 Å². The minimum Gasteiger partial charge on any atom is -0.481 e. The van der Waals surface area contributed by atoms with Gasteiger partial charge in [0.1, 0.15) is 5.78 Å². The Kier molecular flexibility index (Phi) is 3.54. The maximum atomic E-state index is 12.2. The quantitative estimate of drug-likeness (QED) is 0.901. The number of ketones is 1. The summed E-state index contributed by atoms with van der Waals surface area (Å²) in [7, 11) is 0. The van der Waals surface area contributed by atoms with Gasteiger partial charge in [-0.05, 0) is 37.1 Å². The molecule has 2 aliphatic rings. The number of piperidine rings is 1. The second-order valence-electron chi connectivity index (χ2n) is 5.68. The summed E-state index contributed by atoms with van der Waals surface area (Å²) < 4.78 is 1.03. The maximum Gasteiger partial charge on any atom is 0.306 e. The molecule has 1 saturated heterocycles. The van der Waals surface area contributed by atoms with Crippen LogP contribution >= 0.6 is 15.9 Å². The summed E-state index contributed by atoms with van der Waals surface area (Å²) in [4.78, 5) is 25.5. The Balaban J connectivity index is 1.79. The van der Waals surface area contributed by atoms with Gasteiger partial charge in [0.2, 0.25) is 0 Å². The number of hydrogen-bond donors (Lipinski definition) is 1. The lowest BCUT2D eigenvalue weighted by atomic mass is 9.71. The number of carbonyl (C=O) groups is 2. The molecule has 2 bridgehead atoms. The van der Waals surface area contributed by atoms with E-state index >= 15 is 0 Å². The molecule has 0 radical (unpaired) electrons. The van der Waals surface area contributed by atoms with Crippen LogP contribution in [0.4, 0.5) is 5.69 Å². The van der Waals surface area contributed by atoms with Crippen LogP contribution in [0.1, 0.15) is 12.8 Å². The van der Waals surface area contributed by atoms with Crippen LogP contribution < -0.4 is 4.90 Å². The standard InChI is InChI=1S/C15H16BrNO3/c16-12-1-3-13(4-2-12)17-7-10-5-9(15(19)20)6-11(8-17)14(10)18/h1-4,9-11H,5-8H2,(H,19,20). The highest BCUT2D eigenvalue weighted by molar-refractivity contribution is 9.10. The molecule has 1 aromatic carbocycles. The lowest BCUT2D eigenvalue weighted by molar-refractivity contribution is -0.146. The Morgan fingerprint density at radius 3 is 2.20 bits per heavy atom. The Morgan fingerprint density at radius 2 is 1.70 bits per heavy atom. The Hall–Kier alpha value is -1.36. The van der Waals surface area contributed by atoms with E-state index in [1.54, 1.807) is 0 Å². The second-order valence-corrected chi connectivity index (χ2v) is 6.60. The molecule has 2 unspecified atom stereocenters. The van der Waals surface area contributed by atoms with Crippen LogP contribution in [0.2, 0.25) is 0 Å². The first-order valence-electron chi connectivity index (χ1n) is 6.81. The van der Waals surface area contributed by atoms with Gasteiger partial charge >= 0.3 is 5.97 Å². The molecule has 2 fully saturated rings. The van der Waals surface area contributed by atoms with Gasteiger partial charge in [-0.15, -0.1) is 0 Å². The summed E-state index contributed by atoms with van der Waals surface area (Å²) in [6.45, 7) is 1.28. The number of carboxylic acid groups (broad SMARTS) is 1. The van der Waals surface area contributed by atoms with Crippen molar-refractivity contribution in [1.29, 1.82) is 0 Å². The first kappa shape index (κ1) is 13.6. The molecular formula is C15H16BrNO3. The number of hydrogen-bond acceptors (Lipinski definition) is 3. The highest BCUT2D eigenvalue weighted by Crippen LogP contribution is 2.37. The Morgan fingerprint density at radius 1 is 1.15 bits per heavy atom. The average Bonchev–Trinajstić information content (AvgIpc) is 2.39. The number of nitrogens with zero attached hydrogens (tertiary/aromatic N) is 1. The molecule has 1 aromatic rings. The van der Waals surface area contributed by atoms with Crippen molar-refractivity contribution in [3.63, 3.8) is 0 Å². The lowest BCUT2D eigenvalue weighted by Crippen LogP contribution is -2.52. The predicted octanol–water partition coefficient (Wildman–Crippen LogP) is 2.57. The van der Waals surface area contributed by atoms with Crippen molar-refractivity contribution in [2.24, 2.45) is 17.8 Å². The van der Waals surface area contributed by atoms with Gasteiger partial charge in [-0.25, -0.2) is 0 Å². The first-order chi connectivity index (χ1) is 9.54. The van der Waals surface area contributed by atoms with Crippen molar-refractivity contribution in [3.05, 3.63) is 28.7 Å². The molecule has 4 nitrogen and oxygen atoms in total. The molecule has 0 aromatic heterocycles. The number of carboxylic acids is 1. The molecule has 1 heterocycles. The van der Waals surface area contributed by atoms with E-state index in [4.69, 9.17) is 5.11 Å². The summed E-state index contributed by atoms with van der Waals surface area (Å²) in [5, 5.41) is 9.16. The fourth-order valence-electron chi connectivity index (χ4n) is 3.35. The number of carbonyl (C=O) groups excluding carboxylic acids is 1. The number of Topliss-reactive ketones (excluding diaryl/α,β-unsaturated/α-hetero) is 1. The molecule has 3 rings (SSSR count). The van der Waals surface area contributed by atoms with E-state index in [0.717, 1.165) is 10.2 Å². The third-order valence-electron chi connectivity index (χ3n) is 4.37. The molecular weight excluding hydrogens is 322 g/mol. The van der Waals surface area contributed by atoms with E-state index in [1.807, 2.05) is 24.3 Å². The zero-order valence-corrected chi connectivity index (χ0v) is 12.5. The van der Waals surface area contributed by atoms with Crippen LogP contribution in [0.5, 0.6) is 0 Å². The maximum absolute atomic E-state index is 12.2. The van der Waals surface area contributed by atoms with Crippen molar-refractivity contribution in [3.8, 4) is 0 Å². The zero-order valence-electron chi connectivity index (χ0n) is 11.0. The highest BCUT2D eigenvalue weighted by atomic mass is 79.9. The molecule has 1 N–H and O–H groups in total. The predicted molar refractivity (Wildman–Crippen MR) is 78.7 cm³/mol. The van der Waals surface area contributed by atoms with E-state index in [2.05, 4.69) is 20.8 Å². The molecule has 1 saturated carbocycles. The van der Waals surface area contributed by atoms with Gasteiger partial charge < -0.3 is 10.0 Å². The van der Waals surface area contributed by atoms with Crippen LogP contribution in [0, 0.1) is 17.8 Å². The van der Waals surface area contributed by atoms with Gasteiger partial charge in [0.25, 0.3) is 0 Å². The molecule has 106 valence electrons. The fourth-order valence-corrected chi connectivity index (χ4v) is 3.61. The second kappa shape index (κ2) is 5.20. The van der Waals surface area contributed by atoms with Gasteiger partial charge in [0.05, 0.1) is 5.92 Å². The first-order valence-corrected chi connectivity index (χ1v) is 7.61.